The van der Waals surface area contributed by atoms with Crippen LogP contribution < -0.4 is 0 Å². The van der Waals surface area contributed by atoms with Crippen molar-refractivity contribution in [3.05, 3.63) is 77.9 Å². The number of aromatic nitrogens is 2. The summed E-state index contributed by atoms with van der Waals surface area (Å²) in [5.41, 5.74) is 3.55. The second kappa shape index (κ2) is 8.64. The highest BCUT2D eigenvalue weighted by Gasteiger charge is 2.14. The van der Waals surface area contributed by atoms with Crippen LogP contribution in [-0.4, -0.2) is 32.9 Å². The van der Waals surface area contributed by atoms with E-state index in [9.17, 15) is 9.90 Å². The molecule has 140 valence electrons. The van der Waals surface area contributed by atoms with Gasteiger partial charge in [0.15, 0.2) is 0 Å². The molecule has 3 aromatic rings. The Balaban J connectivity index is 1.75. The predicted molar refractivity (Wildman–Crippen MR) is 106 cm³/mol. The molecule has 1 aromatic heterocycles. The van der Waals surface area contributed by atoms with Crippen molar-refractivity contribution in [3.63, 3.8) is 0 Å². The lowest BCUT2D eigenvalue weighted by Crippen LogP contribution is -2.26. The van der Waals surface area contributed by atoms with Gasteiger partial charge in [0.05, 0.1) is 12.6 Å². The standard InChI is InChI=1S/C22H25N3O2/c1-3-5-20(26)17-10-8-16(9-11-17)18-6-4-7-19(14-18)22(27)25(2)15-21-23-12-13-24-21/h4,6-14,20,26H,3,5,15H2,1-2H3,(H,23,24)/t20-/m0/s1. The van der Waals surface area contributed by atoms with Crippen LogP contribution in [0.3, 0.4) is 0 Å². The van der Waals surface area contributed by atoms with Gasteiger partial charge in [-0.05, 0) is 35.2 Å². The molecule has 1 heterocycles. The van der Waals surface area contributed by atoms with Gasteiger partial charge in [0.2, 0.25) is 0 Å². The van der Waals surface area contributed by atoms with Crippen LogP contribution >= 0.6 is 0 Å². The Kier molecular flexibility index (Phi) is 6.04. The minimum absolute atomic E-state index is 0.0526. The third-order valence-electron chi connectivity index (χ3n) is 4.59. The van der Waals surface area contributed by atoms with Crippen LogP contribution in [0.15, 0.2) is 60.9 Å². The number of nitrogens with one attached hydrogen (secondary N) is 1. The zero-order valence-electron chi connectivity index (χ0n) is 15.7. The first-order valence-corrected chi connectivity index (χ1v) is 9.20. The summed E-state index contributed by atoms with van der Waals surface area (Å²) in [6.45, 7) is 2.49. The van der Waals surface area contributed by atoms with Crippen molar-refractivity contribution in [1.82, 2.24) is 14.9 Å². The maximum absolute atomic E-state index is 12.7. The molecule has 0 unspecified atom stereocenters. The number of nitrogens with zero attached hydrogens (tertiary/aromatic N) is 2. The van der Waals surface area contributed by atoms with E-state index in [1.54, 1.807) is 24.3 Å². The van der Waals surface area contributed by atoms with E-state index in [4.69, 9.17) is 0 Å². The number of imidazole rings is 1. The zero-order chi connectivity index (χ0) is 19.2. The summed E-state index contributed by atoms with van der Waals surface area (Å²) in [5, 5.41) is 10.1. The van der Waals surface area contributed by atoms with E-state index in [1.165, 1.54) is 0 Å². The number of amides is 1. The van der Waals surface area contributed by atoms with Crippen molar-refractivity contribution in [2.45, 2.75) is 32.4 Å². The number of H-pyrrole nitrogens is 1. The minimum atomic E-state index is -0.424. The zero-order valence-corrected chi connectivity index (χ0v) is 15.7. The van der Waals surface area contributed by atoms with Crippen LogP contribution in [0.5, 0.6) is 0 Å². The Morgan fingerprint density at radius 2 is 1.96 bits per heavy atom. The molecular weight excluding hydrogens is 338 g/mol. The van der Waals surface area contributed by atoms with Crippen molar-refractivity contribution < 1.29 is 9.90 Å². The Bertz CT molecular complexity index is 873. The highest BCUT2D eigenvalue weighted by atomic mass is 16.3. The monoisotopic (exact) mass is 363 g/mol. The lowest BCUT2D eigenvalue weighted by atomic mass is 9.99. The summed E-state index contributed by atoms with van der Waals surface area (Å²) >= 11 is 0. The molecule has 0 aliphatic rings. The van der Waals surface area contributed by atoms with E-state index in [0.29, 0.717) is 12.1 Å². The van der Waals surface area contributed by atoms with E-state index in [2.05, 4.69) is 16.9 Å². The summed E-state index contributed by atoms with van der Waals surface area (Å²) < 4.78 is 0. The summed E-state index contributed by atoms with van der Waals surface area (Å²) in [7, 11) is 1.77. The maximum atomic E-state index is 12.7. The Hall–Kier alpha value is -2.92. The van der Waals surface area contributed by atoms with Crippen LogP contribution in [0, 0.1) is 0 Å². The summed E-state index contributed by atoms with van der Waals surface area (Å²) in [6.07, 6.45) is 4.70. The fourth-order valence-corrected chi connectivity index (χ4v) is 3.07. The molecule has 2 N–H and O–H groups in total. The second-order valence-electron chi connectivity index (χ2n) is 6.70. The summed E-state index contributed by atoms with van der Waals surface area (Å²) in [6, 6.07) is 15.5. The molecule has 1 amide bonds. The van der Waals surface area contributed by atoms with Crippen molar-refractivity contribution in [2.75, 3.05) is 7.05 Å². The molecule has 0 bridgehead atoms. The summed E-state index contributed by atoms with van der Waals surface area (Å²) in [5.74, 6) is 0.700. The normalized spacial score (nSPS) is 12.0. The van der Waals surface area contributed by atoms with Crippen molar-refractivity contribution in [3.8, 4) is 11.1 Å². The third-order valence-corrected chi connectivity index (χ3v) is 4.59. The number of aromatic amines is 1. The van der Waals surface area contributed by atoms with Crippen LogP contribution in [0.4, 0.5) is 0 Å². The van der Waals surface area contributed by atoms with E-state index >= 15 is 0 Å². The number of aliphatic hydroxyl groups is 1. The highest BCUT2D eigenvalue weighted by molar-refractivity contribution is 5.95. The fourth-order valence-electron chi connectivity index (χ4n) is 3.07. The quantitative estimate of drug-likeness (QED) is 0.661. The third kappa shape index (κ3) is 4.63. The molecule has 0 saturated carbocycles. The first-order valence-electron chi connectivity index (χ1n) is 9.20. The fraction of sp³-hybridized carbons (Fsp3) is 0.273. The molecule has 0 spiro atoms. The molecule has 0 radical (unpaired) electrons. The number of hydrogen-bond donors (Lipinski definition) is 2. The van der Waals surface area contributed by atoms with Crippen LogP contribution in [0.1, 0.15) is 47.6 Å². The molecule has 5 heteroatoms. The van der Waals surface area contributed by atoms with Gasteiger partial charge < -0.3 is 15.0 Å². The van der Waals surface area contributed by atoms with Crippen molar-refractivity contribution >= 4 is 5.91 Å². The number of benzene rings is 2. The molecule has 5 nitrogen and oxygen atoms in total. The van der Waals surface area contributed by atoms with Crippen molar-refractivity contribution in [2.24, 2.45) is 0 Å². The first kappa shape index (κ1) is 18.9. The predicted octanol–water partition coefficient (Wildman–Crippen LogP) is 4.18. The Morgan fingerprint density at radius 1 is 1.19 bits per heavy atom. The van der Waals surface area contributed by atoms with Crippen molar-refractivity contribution in [1.29, 1.82) is 0 Å². The van der Waals surface area contributed by atoms with Gasteiger partial charge in [0.1, 0.15) is 5.82 Å². The maximum Gasteiger partial charge on any atom is 0.254 e. The van der Waals surface area contributed by atoms with Crippen LogP contribution in [0.2, 0.25) is 0 Å². The smallest absolute Gasteiger partial charge is 0.254 e. The highest BCUT2D eigenvalue weighted by Crippen LogP contribution is 2.25. The average Bonchev–Trinajstić information content (AvgIpc) is 3.21. The van der Waals surface area contributed by atoms with Gasteiger partial charge in [-0.15, -0.1) is 0 Å². The number of hydrogen-bond acceptors (Lipinski definition) is 3. The van der Waals surface area contributed by atoms with E-state index in [1.807, 2.05) is 48.5 Å². The molecule has 2 aromatic carbocycles. The van der Waals surface area contributed by atoms with E-state index in [-0.39, 0.29) is 5.91 Å². The Morgan fingerprint density at radius 3 is 2.63 bits per heavy atom. The molecule has 0 aliphatic heterocycles. The van der Waals surface area contributed by atoms with Gasteiger partial charge in [0, 0.05) is 25.0 Å². The van der Waals surface area contributed by atoms with Crippen LogP contribution in [0.25, 0.3) is 11.1 Å². The van der Waals surface area contributed by atoms with Gasteiger partial charge in [0.25, 0.3) is 5.91 Å². The largest absolute Gasteiger partial charge is 0.388 e. The van der Waals surface area contributed by atoms with Gasteiger partial charge in [-0.25, -0.2) is 4.98 Å². The van der Waals surface area contributed by atoms with E-state index < -0.39 is 6.10 Å². The summed E-state index contributed by atoms with van der Waals surface area (Å²) in [4.78, 5) is 21.5. The minimum Gasteiger partial charge on any atom is -0.388 e. The molecule has 3 rings (SSSR count). The molecule has 27 heavy (non-hydrogen) atoms. The topological polar surface area (TPSA) is 69.2 Å². The SMILES string of the molecule is CCC[C@H](O)c1ccc(-c2cccc(C(=O)N(C)Cc3ncc[nH]3)c2)cc1. The molecule has 0 fully saturated rings. The Labute approximate surface area is 159 Å². The molecular formula is C22H25N3O2. The lowest BCUT2D eigenvalue weighted by Gasteiger charge is -2.16. The molecule has 0 saturated heterocycles. The molecule has 1 atom stereocenters. The van der Waals surface area contributed by atoms with Gasteiger partial charge in [-0.3, -0.25) is 4.79 Å². The van der Waals surface area contributed by atoms with Crippen LogP contribution in [-0.2, 0) is 6.54 Å². The van der Waals surface area contributed by atoms with Gasteiger partial charge in [-0.1, -0.05) is 49.7 Å². The lowest BCUT2D eigenvalue weighted by molar-refractivity contribution is 0.0782. The molecule has 0 aliphatic carbocycles. The van der Waals surface area contributed by atoms with Gasteiger partial charge in [-0.2, -0.15) is 0 Å². The second-order valence-corrected chi connectivity index (χ2v) is 6.70. The number of rotatable bonds is 7. The first-order chi connectivity index (χ1) is 13.1. The van der Waals surface area contributed by atoms with E-state index in [0.717, 1.165) is 35.4 Å². The number of carbonyl (C=O) groups is 1. The number of aliphatic hydroxyl groups excluding tert-OH is 1. The number of carbonyl (C=O) groups excluding carboxylic acids is 1. The van der Waals surface area contributed by atoms with Gasteiger partial charge >= 0.3 is 0 Å². The average molecular weight is 363 g/mol.